The van der Waals surface area contributed by atoms with Crippen LogP contribution in [-0.4, -0.2) is 63.0 Å². The van der Waals surface area contributed by atoms with E-state index in [0.29, 0.717) is 43.2 Å². The van der Waals surface area contributed by atoms with Gasteiger partial charge in [-0.3, -0.25) is 4.79 Å². The van der Waals surface area contributed by atoms with Crippen LogP contribution in [0.4, 0.5) is 4.79 Å². The Labute approximate surface area is 213 Å². The number of ether oxygens (including phenoxy) is 4. The van der Waals surface area contributed by atoms with E-state index in [-0.39, 0.29) is 5.91 Å². The Bertz CT molecular complexity index is 1070. The highest BCUT2D eigenvalue weighted by molar-refractivity contribution is 5.87. The Hall–Kier alpha value is -3.68. The van der Waals surface area contributed by atoms with Gasteiger partial charge in [0.1, 0.15) is 28.9 Å². The van der Waals surface area contributed by atoms with Crippen LogP contribution in [0.25, 0.3) is 5.57 Å². The van der Waals surface area contributed by atoms with E-state index in [9.17, 15) is 9.59 Å². The summed E-state index contributed by atoms with van der Waals surface area (Å²) in [5, 5.41) is 2.78. The van der Waals surface area contributed by atoms with Gasteiger partial charge in [-0.05, 0) is 38.3 Å². The quantitative estimate of drug-likeness (QED) is 0.581. The molecule has 0 radical (unpaired) electrons. The van der Waals surface area contributed by atoms with Gasteiger partial charge in [0.05, 0.1) is 26.9 Å². The average molecular weight is 497 g/mol. The van der Waals surface area contributed by atoms with Crippen LogP contribution < -0.4 is 19.5 Å². The van der Waals surface area contributed by atoms with Gasteiger partial charge in [0.25, 0.3) is 0 Å². The van der Waals surface area contributed by atoms with E-state index < -0.39 is 17.7 Å². The summed E-state index contributed by atoms with van der Waals surface area (Å²) in [6.45, 7) is 6.26. The number of carbonyl (C=O) groups excluding carboxylic acids is 2. The van der Waals surface area contributed by atoms with E-state index in [1.165, 1.54) is 0 Å². The van der Waals surface area contributed by atoms with E-state index in [4.69, 9.17) is 18.9 Å². The second-order valence-corrected chi connectivity index (χ2v) is 9.56. The van der Waals surface area contributed by atoms with Crippen LogP contribution in [0, 0.1) is 0 Å². The number of nitrogens with one attached hydrogen (secondary N) is 1. The van der Waals surface area contributed by atoms with Gasteiger partial charge in [0.15, 0.2) is 0 Å². The minimum absolute atomic E-state index is 0.159. The number of hydrogen-bond acceptors (Lipinski definition) is 6. The van der Waals surface area contributed by atoms with Crippen LogP contribution in [0.5, 0.6) is 17.2 Å². The fourth-order valence-corrected chi connectivity index (χ4v) is 4.14. The van der Waals surface area contributed by atoms with Gasteiger partial charge >= 0.3 is 6.09 Å². The lowest BCUT2D eigenvalue weighted by Gasteiger charge is -2.31. The lowest BCUT2D eigenvalue weighted by atomic mass is 9.96. The maximum Gasteiger partial charge on any atom is 0.408 e. The van der Waals surface area contributed by atoms with E-state index in [2.05, 4.69) is 5.32 Å². The van der Waals surface area contributed by atoms with Crippen molar-refractivity contribution in [3.63, 3.8) is 0 Å². The van der Waals surface area contributed by atoms with Crippen molar-refractivity contribution in [1.82, 2.24) is 10.2 Å². The molecular formula is C28H36N2O6. The minimum Gasteiger partial charge on any atom is -0.496 e. The smallest absolute Gasteiger partial charge is 0.408 e. The van der Waals surface area contributed by atoms with Crippen LogP contribution in [-0.2, 0) is 16.0 Å². The van der Waals surface area contributed by atoms with Gasteiger partial charge in [-0.15, -0.1) is 0 Å². The predicted octanol–water partition coefficient (Wildman–Crippen LogP) is 4.46. The third-order valence-corrected chi connectivity index (χ3v) is 5.83. The van der Waals surface area contributed by atoms with Gasteiger partial charge in [-0.1, -0.05) is 36.4 Å². The summed E-state index contributed by atoms with van der Waals surface area (Å²) in [7, 11) is 4.80. The molecule has 1 aliphatic heterocycles. The van der Waals surface area contributed by atoms with E-state index in [1.807, 2.05) is 48.5 Å². The third-order valence-electron chi connectivity index (χ3n) is 5.83. The summed E-state index contributed by atoms with van der Waals surface area (Å²) in [5.41, 5.74) is 2.16. The summed E-state index contributed by atoms with van der Waals surface area (Å²) in [4.78, 5) is 27.8. The Kier molecular flexibility index (Phi) is 8.85. The first-order valence-electron chi connectivity index (χ1n) is 12.0. The number of alkyl carbamates (subject to hydrolysis) is 1. The Morgan fingerprint density at radius 1 is 1.00 bits per heavy atom. The summed E-state index contributed by atoms with van der Waals surface area (Å²) >= 11 is 0. The lowest BCUT2D eigenvalue weighted by molar-refractivity contribution is -0.133. The highest BCUT2D eigenvalue weighted by Crippen LogP contribution is 2.40. The predicted molar refractivity (Wildman–Crippen MR) is 139 cm³/mol. The molecule has 8 nitrogen and oxygen atoms in total. The molecule has 0 spiro atoms. The number of benzene rings is 2. The van der Waals surface area contributed by atoms with Gasteiger partial charge in [-0.25, -0.2) is 4.79 Å². The molecular weight excluding hydrogens is 460 g/mol. The number of amides is 2. The first-order chi connectivity index (χ1) is 17.1. The standard InChI is InChI=1S/C28H36N2O6/c1-28(2,3)36-27(32)29-22(16-19-10-8-7-9-11-19)26(31)30-14-12-20(13-15-30)25-23(34-5)17-21(33-4)18-24(25)35-6/h7-12,17-18,22H,13-16H2,1-6H3,(H,29,32). The fraction of sp³-hybridized carbons (Fsp3) is 0.429. The summed E-state index contributed by atoms with van der Waals surface area (Å²) < 4.78 is 22.0. The van der Waals surface area contributed by atoms with Crippen LogP contribution in [0.2, 0.25) is 0 Å². The van der Waals surface area contributed by atoms with Crippen molar-refractivity contribution in [2.75, 3.05) is 34.4 Å². The molecule has 2 amide bonds. The molecule has 0 bridgehead atoms. The molecule has 1 heterocycles. The van der Waals surface area contributed by atoms with Crippen LogP contribution in [0.1, 0.15) is 38.3 Å². The van der Waals surface area contributed by atoms with Crippen molar-refractivity contribution in [2.24, 2.45) is 0 Å². The molecule has 1 aliphatic rings. The van der Waals surface area contributed by atoms with E-state index in [1.54, 1.807) is 47.0 Å². The zero-order valence-electron chi connectivity index (χ0n) is 21.9. The Morgan fingerprint density at radius 3 is 2.14 bits per heavy atom. The number of methoxy groups -OCH3 is 3. The summed E-state index contributed by atoms with van der Waals surface area (Å²) in [6, 6.07) is 12.5. The zero-order valence-corrected chi connectivity index (χ0v) is 21.9. The maximum absolute atomic E-state index is 13.5. The second-order valence-electron chi connectivity index (χ2n) is 9.56. The molecule has 194 valence electrons. The van der Waals surface area contributed by atoms with Gasteiger partial charge < -0.3 is 29.2 Å². The van der Waals surface area contributed by atoms with E-state index >= 15 is 0 Å². The van der Waals surface area contributed by atoms with Crippen molar-refractivity contribution < 1.29 is 28.5 Å². The molecule has 0 saturated carbocycles. The van der Waals surface area contributed by atoms with Crippen LogP contribution in [0.3, 0.4) is 0 Å². The molecule has 0 aliphatic carbocycles. The molecule has 1 unspecified atom stereocenters. The second kappa shape index (κ2) is 11.8. The highest BCUT2D eigenvalue weighted by atomic mass is 16.6. The van der Waals surface area contributed by atoms with E-state index in [0.717, 1.165) is 16.7 Å². The van der Waals surface area contributed by atoms with Crippen LogP contribution >= 0.6 is 0 Å². The third kappa shape index (κ3) is 6.93. The molecule has 3 rings (SSSR count). The molecule has 36 heavy (non-hydrogen) atoms. The topological polar surface area (TPSA) is 86.3 Å². The first kappa shape index (κ1) is 26.9. The molecule has 0 aromatic heterocycles. The monoisotopic (exact) mass is 496 g/mol. The Morgan fingerprint density at radius 2 is 1.64 bits per heavy atom. The Balaban J connectivity index is 1.81. The van der Waals surface area contributed by atoms with Gasteiger partial charge in [0.2, 0.25) is 5.91 Å². The normalized spacial score (nSPS) is 14.4. The highest BCUT2D eigenvalue weighted by Gasteiger charge is 2.30. The number of nitrogens with zero attached hydrogens (tertiary/aromatic N) is 1. The first-order valence-corrected chi connectivity index (χ1v) is 12.0. The van der Waals surface area contributed by atoms with Gasteiger partial charge in [0, 0.05) is 31.6 Å². The van der Waals surface area contributed by atoms with Gasteiger partial charge in [-0.2, -0.15) is 0 Å². The van der Waals surface area contributed by atoms with Crippen molar-refractivity contribution >= 4 is 17.6 Å². The molecule has 1 N–H and O–H groups in total. The molecule has 0 saturated heterocycles. The largest absolute Gasteiger partial charge is 0.496 e. The maximum atomic E-state index is 13.5. The molecule has 2 aromatic rings. The van der Waals surface area contributed by atoms with Crippen molar-refractivity contribution in [1.29, 1.82) is 0 Å². The number of carbonyl (C=O) groups is 2. The molecule has 8 heteroatoms. The van der Waals surface area contributed by atoms with Crippen molar-refractivity contribution in [2.45, 2.75) is 45.3 Å². The number of rotatable bonds is 8. The molecule has 1 atom stereocenters. The molecule has 0 fully saturated rings. The lowest BCUT2D eigenvalue weighted by Crippen LogP contribution is -2.51. The summed E-state index contributed by atoms with van der Waals surface area (Å²) in [5.74, 6) is 1.77. The van der Waals surface area contributed by atoms with Crippen molar-refractivity contribution in [3.05, 3.63) is 59.7 Å². The van der Waals surface area contributed by atoms with Crippen molar-refractivity contribution in [3.8, 4) is 17.2 Å². The molecule has 2 aromatic carbocycles. The zero-order chi connectivity index (χ0) is 26.3. The fourth-order valence-electron chi connectivity index (χ4n) is 4.14. The minimum atomic E-state index is -0.748. The average Bonchev–Trinajstić information content (AvgIpc) is 2.86. The SMILES string of the molecule is COc1cc(OC)c(C2=CCN(C(=O)C(Cc3ccccc3)NC(=O)OC(C)(C)C)CC2)c(OC)c1. The summed E-state index contributed by atoms with van der Waals surface area (Å²) in [6.07, 6.45) is 2.36. The number of hydrogen-bond donors (Lipinski definition) is 1. The van der Waals surface area contributed by atoms with Crippen LogP contribution in [0.15, 0.2) is 48.5 Å².